The van der Waals surface area contributed by atoms with Crippen molar-refractivity contribution in [3.8, 4) is 0 Å². The molecule has 0 saturated carbocycles. The Labute approximate surface area is 172 Å². The number of rotatable bonds is 7. The SMILES string of the molecule is COC1C=CC(COCc2cc(Br)c(=O)n([C@@H](C)c3ccc(F)cc3)c2)=CC1. The van der Waals surface area contributed by atoms with Crippen molar-refractivity contribution in [2.75, 3.05) is 13.7 Å². The van der Waals surface area contributed by atoms with Crippen LogP contribution in [0.1, 0.15) is 30.5 Å². The largest absolute Gasteiger partial charge is 0.377 e. The molecule has 1 unspecified atom stereocenters. The lowest BCUT2D eigenvalue weighted by atomic mass is 10.1. The van der Waals surface area contributed by atoms with Gasteiger partial charge < -0.3 is 14.0 Å². The third kappa shape index (κ3) is 5.07. The molecule has 0 saturated heterocycles. The molecule has 1 aliphatic rings. The minimum Gasteiger partial charge on any atom is -0.377 e. The van der Waals surface area contributed by atoms with E-state index in [0.29, 0.717) is 17.7 Å². The Kier molecular flexibility index (Phi) is 6.99. The van der Waals surface area contributed by atoms with E-state index in [9.17, 15) is 9.18 Å². The number of hydrogen-bond donors (Lipinski definition) is 0. The summed E-state index contributed by atoms with van der Waals surface area (Å²) in [6.45, 7) is 2.79. The molecule has 1 aliphatic carbocycles. The second-order valence-electron chi connectivity index (χ2n) is 6.78. The molecule has 1 heterocycles. The zero-order valence-electron chi connectivity index (χ0n) is 15.9. The average molecular weight is 448 g/mol. The molecule has 0 bridgehead atoms. The Morgan fingerprint density at radius 3 is 2.68 bits per heavy atom. The van der Waals surface area contributed by atoms with Crippen LogP contribution in [0.4, 0.5) is 4.39 Å². The molecule has 1 aromatic carbocycles. The summed E-state index contributed by atoms with van der Waals surface area (Å²) in [4.78, 5) is 12.6. The lowest BCUT2D eigenvalue weighted by molar-refractivity contribution is 0.134. The first-order valence-electron chi connectivity index (χ1n) is 9.11. The minimum absolute atomic E-state index is 0.135. The lowest BCUT2D eigenvalue weighted by Crippen LogP contribution is -2.25. The topological polar surface area (TPSA) is 40.5 Å². The highest BCUT2D eigenvalue weighted by molar-refractivity contribution is 9.10. The summed E-state index contributed by atoms with van der Waals surface area (Å²) in [6.07, 6.45) is 8.94. The molecule has 0 fully saturated rings. The summed E-state index contributed by atoms with van der Waals surface area (Å²) < 4.78 is 26.4. The van der Waals surface area contributed by atoms with Crippen LogP contribution < -0.4 is 5.56 Å². The average Bonchev–Trinajstić information content (AvgIpc) is 2.71. The summed E-state index contributed by atoms with van der Waals surface area (Å²) in [5, 5.41) is 0. The van der Waals surface area contributed by atoms with Gasteiger partial charge in [-0.1, -0.05) is 30.4 Å². The molecule has 28 heavy (non-hydrogen) atoms. The molecule has 4 nitrogen and oxygen atoms in total. The van der Waals surface area contributed by atoms with Crippen LogP contribution in [0.25, 0.3) is 0 Å². The predicted molar refractivity (Wildman–Crippen MR) is 111 cm³/mol. The molecule has 3 rings (SSSR count). The van der Waals surface area contributed by atoms with Crippen molar-refractivity contribution in [2.45, 2.75) is 32.1 Å². The fraction of sp³-hybridized carbons (Fsp3) is 0.318. The van der Waals surface area contributed by atoms with E-state index in [-0.39, 0.29) is 23.5 Å². The van der Waals surface area contributed by atoms with Crippen molar-refractivity contribution >= 4 is 15.9 Å². The fourth-order valence-corrected chi connectivity index (χ4v) is 3.60. The molecular formula is C22H23BrFNO3. The Bertz CT molecular complexity index is 934. The highest BCUT2D eigenvalue weighted by Crippen LogP contribution is 2.20. The number of halogens is 2. The first-order valence-corrected chi connectivity index (χ1v) is 9.91. The molecule has 0 aliphatic heterocycles. The molecule has 0 spiro atoms. The van der Waals surface area contributed by atoms with Gasteiger partial charge in [-0.3, -0.25) is 4.79 Å². The number of pyridine rings is 1. The van der Waals surface area contributed by atoms with Crippen molar-refractivity contribution < 1.29 is 13.9 Å². The van der Waals surface area contributed by atoms with Crippen LogP contribution in [-0.4, -0.2) is 24.4 Å². The van der Waals surface area contributed by atoms with Gasteiger partial charge in [0.15, 0.2) is 0 Å². The monoisotopic (exact) mass is 447 g/mol. The van der Waals surface area contributed by atoms with Crippen molar-refractivity contribution in [3.05, 3.63) is 92.1 Å². The van der Waals surface area contributed by atoms with Crippen LogP contribution in [0, 0.1) is 5.82 Å². The van der Waals surface area contributed by atoms with Crippen LogP contribution >= 0.6 is 15.9 Å². The molecule has 6 heteroatoms. The van der Waals surface area contributed by atoms with Gasteiger partial charge in [-0.15, -0.1) is 0 Å². The van der Waals surface area contributed by atoms with Gasteiger partial charge in [-0.25, -0.2) is 4.39 Å². The molecule has 0 N–H and O–H groups in total. The van der Waals surface area contributed by atoms with Crippen molar-refractivity contribution in [1.29, 1.82) is 0 Å². The second-order valence-corrected chi connectivity index (χ2v) is 7.63. The summed E-state index contributed by atoms with van der Waals surface area (Å²) in [5.74, 6) is -0.297. The van der Waals surface area contributed by atoms with E-state index < -0.39 is 0 Å². The molecule has 0 amide bonds. The van der Waals surface area contributed by atoms with Gasteiger partial charge in [-0.05, 0) is 64.2 Å². The third-order valence-electron chi connectivity index (χ3n) is 4.80. The molecule has 0 radical (unpaired) electrons. The predicted octanol–water partition coefficient (Wildman–Crippen LogP) is 4.78. The number of nitrogens with zero attached hydrogens (tertiary/aromatic N) is 1. The van der Waals surface area contributed by atoms with Crippen LogP contribution in [0.15, 0.2) is 69.6 Å². The molecule has 2 atom stereocenters. The minimum atomic E-state index is -0.297. The maximum Gasteiger partial charge on any atom is 0.265 e. The Hall–Kier alpha value is -2.02. The molecule has 1 aromatic heterocycles. The number of aromatic nitrogens is 1. The zero-order valence-corrected chi connectivity index (χ0v) is 17.5. The van der Waals surface area contributed by atoms with E-state index in [1.165, 1.54) is 12.1 Å². The van der Waals surface area contributed by atoms with Gasteiger partial charge >= 0.3 is 0 Å². The van der Waals surface area contributed by atoms with Gasteiger partial charge in [-0.2, -0.15) is 0 Å². The van der Waals surface area contributed by atoms with Gasteiger partial charge in [0.25, 0.3) is 5.56 Å². The smallest absolute Gasteiger partial charge is 0.265 e. The summed E-state index contributed by atoms with van der Waals surface area (Å²) >= 11 is 3.35. The maximum absolute atomic E-state index is 13.2. The normalized spacial score (nSPS) is 17.4. The summed E-state index contributed by atoms with van der Waals surface area (Å²) in [5.41, 5.74) is 2.72. The van der Waals surface area contributed by atoms with Crippen molar-refractivity contribution in [2.24, 2.45) is 0 Å². The standard InChI is InChI=1S/C22H23BrFNO3/c1-15(18-5-7-19(24)8-6-18)25-12-17(11-21(23)22(25)26)14-28-13-16-3-9-20(27-2)10-4-16/h3-9,11-12,15,20H,10,13-14H2,1-2H3/t15-,20?/m0/s1. The highest BCUT2D eigenvalue weighted by Gasteiger charge is 2.13. The highest BCUT2D eigenvalue weighted by atomic mass is 79.9. The third-order valence-corrected chi connectivity index (χ3v) is 5.37. The number of methoxy groups -OCH3 is 1. The van der Waals surface area contributed by atoms with E-state index in [1.54, 1.807) is 36.1 Å². The Morgan fingerprint density at radius 2 is 2.04 bits per heavy atom. The number of benzene rings is 1. The Balaban J connectivity index is 1.69. The van der Waals surface area contributed by atoms with Crippen LogP contribution in [0.2, 0.25) is 0 Å². The zero-order chi connectivity index (χ0) is 20.1. The van der Waals surface area contributed by atoms with E-state index in [1.807, 2.05) is 19.1 Å². The van der Waals surface area contributed by atoms with Gasteiger partial charge in [0.1, 0.15) is 5.82 Å². The molecule has 148 valence electrons. The summed E-state index contributed by atoms with van der Waals surface area (Å²) in [7, 11) is 1.70. The van der Waals surface area contributed by atoms with Gasteiger partial charge in [0.05, 0.1) is 29.8 Å². The molecular weight excluding hydrogens is 425 g/mol. The van der Waals surface area contributed by atoms with Gasteiger partial charge in [0.2, 0.25) is 0 Å². The quantitative estimate of drug-likeness (QED) is 0.613. The Morgan fingerprint density at radius 1 is 1.29 bits per heavy atom. The van der Waals surface area contributed by atoms with Crippen LogP contribution in [0.3, 0.4) is 0 Å². The molecule has 2 aromatic rings. The fourth-order valence-electron chi connectivity index (χ4n) is 3.10. The van der Waals surface area contributed by atoms with E-state index in [0.717, 1.165) is 23.1 Å². The van der Waals surface area contributed by atoms with E-state index in [2.05, 4.69) is 22.0 Å². The van der Waals surface area contributed by atoms with E-state index >= 15 is 0 Å². The number of ether oxygens (including phenoxy) is 2. The van der Waals surface area contributed by atoms with Crippen LogP contribution in [-0.2, 0) is 16.1 Å². The lowest BCUT2D eigenvalue weighted by Gasteiger charge is -2.18. The number of hydrogen-bond acceptors (Lipinski definition) is 3. The first kappa shape index (κ1) is 20.7. The first-order chi connectivity index (χ1) is 13.5. The van der Waals surface area contributed by atoms with Crippen LogP contribution in [0.5, 0.6) is 0 Å². The summed E-state index contributed by atoms with van der Waals surface area (Å²) in [6, 6.07) is 7.75. The van der Waals surface area contributed by atoms with Crippen molar-refractivity contribution in [3.63, 3.8) is 0 Å². The second kappa shape index (κ2) is 9.45. The van der Waals surface area contributed by atoms with E-state index in [4.69, 9.17) is 9.47 Å². The van der Waals surface area contributed by atoms with Crippen molar-refractivity contribution in [1.82, 2.24) is 4.57 Å². The van der Waals surface area contributed by atoms with Gasteiger partial charge in [0, 0.05) is 13.3 Å². The maximum atomic E-state index is 13.2.